The van der Waals surface area contributed by atoms with Gasteiger partial charge in [-0.3, -0.25) is 9.59 Å². The molecule has 0 aliphatic carbocycles. The maximum absolute atomic E-state index is 12.2. The second-order valence-electron chi connectivity index (χ2n) is 5.33. The van der Waals surface area contributed by atoms with Crippen molar-refractivity contribution in [1.29, 1.82) is 0 Å². The molecule has 1 atom stereocenters. The van der Waals surface area contributed by atoms with Gasteiger partial charge in [0.15, 0.2) is 12.4 Å². The highest BCUT2D eigenvalue weighted by Crippen LogP contribution is 2.28. The van der Waals surface area contributed by atoms with Gasteiger partial charge in [0.25, 0.3) is 0 Å². The van der Waals surface area contributed by atoms with E-state index in [4.69, 9.17) is 16.3 Å². The van der Waals surface area contributed by atoms with Crippen molar-refractivity contribution >= 4 is 39.2 Å². The number of benzene rings is 2. The normalized spacial score (nSPS) is 11.7. The van der Waals surface area contributed by atoms with E-state index in [0.29, 0.717) is 20.8 Å². The van der Waals surface area contributed by atoms with Crippen molar-refractivity contribution in [2.45, 2.75) is 19.9 Å². The molecule has 0 saturated heterocycles. The quantitative estimate of drug-likeness (QED) is 0.710. The Labute approximate surface area is 154 Å². The van der Waals surface area contributed by atoms with E-state index in [1.165, 1.54) is 6.92 Å². The number of nitrogens with one attached hydrogen (secondary N) is 1. The number of carbonyl (C=O) groups is 2. The highest BCUT2D eigenvalue weighted by Gasteiger charge is 2.11. The topological polar surface area (TPSA) is 55.4 Å². The Balaban J connectivity index is 1.98. The number of ether oxygens (including phenoxy) is 1. The smallest absolute Gasteiger partial charge is 0.217 e. The predicted molar refractivity (Wildman–Crippen MR) is 97.7 cm³/mol. The highest BCUT2D eigenvalue weighted by molar-refractivity contribution is 9.10. The minimum atomic E-state index is -0.129. The van der Waals surface area contributed by atoms with Crippen LogP contribution in [0.25, 0.3) is 0 Å². The molecule has 0 saturated carbocycles. The van der Waals surface area contributed by atoms with Gasteiger partial charge in [0.1, 0.15) is 5.75 Å². The molecule has 1 N–H and O–H groups in total. The number of rotatable bonds is 6. The number of halogens is 2. The lowest BCUT2D eigenvalue weighted by Gasteiger charge is -2.13. The molecule has 0 aliphatic heterocycles. The average Bonchev–Trinajstić information content (AvgIpc) is 2.53. The third-order valence-electron chi connectivity index (χ3n) is 3.41. The van der Waals surface area contributed by atoms with Crippen LogP contribution in [0.1, 0.15) is 35.8 Å². The lowest BCUT2D eigenvalue weighted by molar-refractivity contribution is -0.119. The van der Waals surface area contributed by atoms with Crippen LogP contribution in [0.5, 0.6) is 5.75 Å². The van der Waals surface area contributed by atoms with Crippen LogP contribution in [-0.4, -0.2) is 18.3 Å². The van der Waals surface area contributed by atoms with E-state index in [-0.39, 0.29) is 24.3 Å². The highest BCUT2D eigenvalue weighted by atomic mass is 79.9. The minimum absolute atomic E-state index is 0.0686. The fourth-order valence-electron chi connectivity index (χ4n) is 2.16. The summed E-state index contributed by atoms with van der Waals surface area (Å²) in [5.74, 6) is 0.337. The van der Waals surface area contributed by atoms with Crippen LogP contribution in [0.15, 0.2) is 46.9 Å². The van der Waals surface area contributed by atoms with Crippen molar-refractivity contribution in [3.05, 3.63) is 63.1 Å². The summed E-state index contributed by atoms with van der Waals surface area (Å²) in [5, 5.41) is 3.39. The maximum Gasteiger partial charge on any atom is 0.217 e. The third-order valence-corrected chi connectivity index (χ3v) is 4.26. The molecule has 0 fully saturated rings. The summed E-state index contributed by atoms with van der Waals surface area (Å²) in [6, 6.07) is 12.1. The van der Waals surface area contributed by atoms with Crippen LogP contribution in [0.2, 0.25) is 5.02 Å². The zero-order valence-corrected chi connectivity index (χ0v) is 15.6. The molecule has 2 aromatic carbocycles. The van der Waals surface area contributed by atoms with Gasteiger partial charge in [0.05, 0.1) is 10.5 Å². The first-order chi connectivity index (χ1) is 11.4. The molecule has 24 heavy (non-hydrogen) atoms. The number of amides is 1. The van der Waals surface area contributed by atoms with E-state index in [2.05, 4.69) is 21.2 Å². The van der Waals surface area contributed by atoms with Gasteiger partial charge >= 0.3 is 0 Å². The Morgan fingerprint density at radius 3 is 2.46 bits per heavy atom. The number of carbonyl (C=O) groups excluding carboxylic acids is 2. The Kier molecular flexibility index (Phi) is 6.40. The monoisotopic (exact) mass is 409 g/mol. The van der Waals surface area contributed by atoms with Gasteiger partial charge in [0, 0.05) is 17.5 Å². The van der Waals surface area contributed by atoms with Gasteiger partial charge in [-0.1, -0.05) is 35.9 Å². The molecule has 2 aromatic rings. The van der Waals surface area contributed by atoms with E-state index in [1.54, 1.807) is 30.3 Å². The van der Waals surface area contributed by atoms with Crippen LogP contribution in [0, 0.1) is 0 Å². The zero-order valence-electron chi connectivity index (χ0n) is 13.3. The zero-order chi connectivity index (χ0) is 17.7. The Hall–Kier alpha value is -1.85. The molecular formula is C18H17BrClNO3. The molecule has 0 radical (unpaired) electrons. The van der Waals surface area contributed by atoms with Gasteiger partial charge in [-0.2, -0.15) is 0 Å². The van der Waals surface area contributed by atoms with Crippen molar-refractivity contribution < 1.29 is 14.3 Å². The van der Waals surface area contributed by atoms with Gasteiger partial charge in [-0.25, -0.2) is 0 Å². The van der Waals surface area contributed by atoms with E-state index in [9.17, 15) is 9.59 Å². The Bertz CT molecular complexity index is 746. The van der Waals surface area contributed by atoms with Crippen molar-refractivity contribution in [2.75, 3.05) is 6.61 Å². The number of ketones is 1. The van der Waals surface area contributed by atoms with Crippen LogP contribution in [-0.2, 0) is 4.79 Å². The van der Waals surface area contributed by atoms with Crippen LogP contribution in [0.4, 0.5) is 0 Å². The molecule has 6 heteroatoms. The molecule has 1 amide bonds. The summed E-state index contributed by atoms with van der Waals surface area (Å²) >= 11 is 9.21. The summed E-state index contributed by atoms with van der Waals surface area (Å²) < 4.78 is 6.22. The first kappa shape index (κ1) is 18.5. The Morgan fingerprint density at radius 1 is 1.21 bits per heavy atom. The molecular weight excluding hydrogens is 394 g/mol. The molecule has 0 aromatic heterocycles. The Morgan fingerprint density at radius 2 is 1.88 bits per heavy atom. The molecule has 1 unspecified atom stereocenters. The minimum Gasteiger partial charge on any atom is -0.484 e. The largest absolute Gasteiger partial charge is 0.484 e. The molecule has 2 rings (SSSR count). The second kappa shape index (κ2) is 8.31. The molecule has 0 aliphatic rings. The molecule has 126 valence electrons. The van der Waals surface area contributed by atoms with E-state index in [0.717, 1.165) is 5.56 Å². The maximum atomic E-state index is 12.2. The first-order valence-electron chi connectivity index (χ1n) is 7.35. The fraction of sp³-hybridized carbons (Fsp3) is 0.222. The predicted octanol–water partition coefficient (Wildman–Crippen LogP) is 4.56. The van der Waals surface area contributed by atoms with Crippen LogP contribution < -0.4 is 10.1 Å². The first-order valence-corrected chi connectivity index (χ1v) is 8.52. The molecule has 0 bridgehead atoms. The molecule has 0 spiro atoms. The van der Waals surface area contributed by atoms with Crippen molar-refractivity contribution in [3.63, 3.8) is 0 Å². The number of hydrogen-bond donors (Lipinski definition) is 1. The number of Topliss-reactive ketones (excluding diaryl/α,β-unsaturated/α-hetero) is 1. The standard InChI is InChI=1S/C18H17BrClNO3/c1-11(21-12(2)22)13-3-5-14(6-4-13)17(23)10-24-18-8-7-15(20)9-16(18)19/h3-9,11H,10H2,1-2H3,(H,21,22). The van der Waals surface area contributed by atoms with Gasteiger partial charge in [0.2, 0.25) is 5.91 Å². The molecule has 4 nitrogen and oxygen atoms in total. The van der Waals surface area contributed by atoms with Crippen molar-refractivity contribution in [2.24, 2.45) is 0 Å². The SMILES string of the molecule is CC(=O)NC(C)c1ccc(C(=O)COc2ccc(Cl)cc2Br)cc1. The summed E-state index contributed by atoms with van der Waals surface area (Å²) in [7, 11) is 0. The lowest BCUT2D eigenvalue weighted by atomic mass is 10.0. The van der Waals surface area contributed by atoms with Crippen LogP contribution in [0.3, 0.4) is 0 Å². The van der Waals surface area contributed by atoms with Crippen LogP contribution >= 0.6 is 27.5 Å². The van der Waals surface area contributed by atoms with Gasteiger partial charge < -0.3 is 10.1 Å². The number of hydrogen-bond acceptors (Lipinski definition) is 3. The van der Waals surface area contributed by atoms with E-state index < -0.39 is 0 Å². The lowest BCUT2D eigenvalue weighted by Crippen LogP contribution is -2.23. The second-order valence-corrected chi connectivity index (χ2v) is 6.62. The summed E-state index contributed by atoms with van der Waals surface area (Å²) in [6.07, 6.45) is 0. The van der Waals surface area contributed by atoms with Gasteiger partial charge in [-0.05, 0) is 46.6 Å². The third kappa shape index (κ3) is 5.08. The average molecular weight is 411 g/mol. The van der Waals surface area contributed by atoms with Gasteiger partial charge in [-0.15, -0.1) is 0 Å². The summed E-state index contributed by atoms with van der Waals surface area (Å²) in [4.78, 5) is 23.3. The van der Waals surface area contributed by atoms with E-state index in [1.807, 2.05) is 19.1 Å². The summed E-state index contributed by atoms with van der Waals surface area (Å²) in [5.41, 5.74) is 1.49. The van der Waals surface area contributed by atoms with Crippen molar-refractivity contribution in [1.82, 2.24) is 5.32 Å². The van der Waals surface area contributed by atoms with Crippen molar-refractivity contribution in [3.8, 4) is 5.75 Å². The summed E-state index contributed by atoms with van der Waals surface area (Å²) in [6.45, 7) is 3.29. The fourth-order valence-corrected chi connectivity index (χ4v) is 2.96. The molecule has 0 heterocycles. The van der Waals surface area contributed by atoms with E-state index >= 15 is 0 Å².